The molecule has 0 radical (unpaired) electrons. The number of hydrogen-bond acceptors (Lipinski definition) is 4. The number of hydrogen-bond donors (Lipinski definition) is 1. The lowest BCUT2D eigenvalue weighted by molar-refractivity contribution is -0.137. The average molecular weight is 520 g/mol. The van der Waals surface area contributed by atoms with E-state index in [0.717, 1.165) is 63.3 Å². The van der Waals surface area contributed by atoms with Crippen LogP contribution in [0.2, 0.25) is 0 Å². The van der Waals surface area contributed by atoms with E-state index in [-0.39, 0.29) is 5.91 Å². The third-order valence-electron chi connectivity index (χ3n) is 7.35. The van der Waals surface area contributed by atoms with Crippen LogP contribution in [0, 0.1) is 13.8 Å². The van der Waals surface area contributed by atoms with Crippen LogP contribution >= 0.6 is 0 Å². The lowest BCUT2D eigenvalue weighted by atomic mass is 9.99. The van der Waals surface area contributed by atoms with Gasteiger partial charge in [-0.2, -0.15) is 13.2 Å². The van der Waals surface area contributed by atoms with Gasteiger partial charge in [0.05, 0.1) is 12.2 Å². The van der Waals surface area contributed by atoms with E-state index in [1.165, 1.54) is 28.8 Å². The van der Waals surface area contributed by atoms with Crippen molar-refractivity contribution in [2.24, 2.45) is 0 Å². The second-order valence-corrected chi connectivity index (χ2v) is 9.90. The van der Waals surface area contributed by atoms with Gasteiger partial charge < -0.3 is 15.0 Å². The molecule has 3 rings (SSSR count). The number of alkyl halides is 3. The summed E-state index contributed by atoms with van der Waals surface area (Å²) in [6.45, 7) is 13.8. The molecule has 1 aliphatic rings. The summed E-state index contributed by atoms with van der Waals surface area (Å²) >= 11 is 0. The van der Waals surface area contributed by atoms with E-state index in [2.05, 4.69) is 50.0 Å². The summed E-state index contributed by atoms with van der Waals surface area (Å²) in [6.07, 6.45) is -1.39. The molecule has 1 heterocycles. The lowest BCUT2D eigenvalue weighted by Gasteiger charge is -2.35. The minimum atomic E-state index is -4.40. The molecule has 1 saturated heterocycles. The zero-order valence-electron chi connectivity index (χ0n) is 22.5. The lowest BCUT2D eigenvalue weighted by Crippen LogP contribution is -2.49. The van der Waals surface area contributed by atoms with Crippen molar-refractivity contribution in [1.29, 1.82) is 0 Å². The zero-order chi connectivity index (χ0) is 27.0. The molecule has 0 bridgehead atoms. The zero-order valence-corrected chi connectivity index (χ0v) is 22.5. The highest BCUT2D eigenvalue weighted by molar-refractivity contribution is 5.94. The van der Waals surface area contributed by atoms with E-state index < -0.39 is 11.7 Å². The standard InChI is InChI=1S/C29H40F3N3O2/c1-5-21(2)33-14-6-20-37-27-12-9-24(22(3)23(27)4)13-15-34-16-18-35(19-17-34)28(36)25-7-10-26(11-8-25)29(30,31)32/h7-12,21,33H,5-6,13-20H2,1-4H3. The fourth-order valence-corrected chi connectivity index (χ4v) is 4.46. The van der Waals surface area contributed by atoms with Gasteiger partial charge in [0.2, 0.25) is 0 Å². The van der Waals surface area contributed by atoms with E-state index in [0.29, 0.717) is 31.3 Å². The molecule has 8 heteroatoms. The van der Waals surface area contributed by atoms with Crippen LogP contribution < -0.4 is 10.1 Å². The second-order valence-electron chi connectivity index (χ2n) is 9.90. The summed E-state index contributed by atoms with van der Waals surface area (Å²) in [6, 6.07) is 9.22. The Morgan fingerprint density at radius 1 is 1.03 bits per heavy atom. The molecule has 2 aromatic rings. The van der Waals surface area contributed by atoms with Gasteiger partial charge in [0.15, 0.2) is 0 Å². The predicted molar refractivity (Wildman–Crippen MR) is 141 cm³/mol. The summed E-state index contributed by atoms with van der Waals surface area (Å²) < 4.78 is 44.4. The summed E-state index contributed by atoms with van der Waals surface area (Å²) in [5.74, 6) is 0.728. The maximum Gasteiger partial charge on any atom is 0.416 e. The fourth-order valence-electron chi connectivity index (χ4n) is 4.46. The molecule has 2 aromatic carbocycles. The minimum absolute atomic E-state index is 0.217. The Morgan fingerprint density at radius 2 is 1.70 bits per heavy atom. The number of ether oxygens (including phenoxy) is 1. The highest BCUT2D eigenvalue weighted by Crippen LogP contribution is 2.29. The first-order valence-corrected chi connectivity index (χ1v) is 13.2. The molecule has 204 valence electrons. The van der Waals surface area contributed by atoms with E-state index in [1.807, 2.05) is 0 Å². The minimum Gasteiger partial charge on any atom is -0.493 e. The highest BCUT2D eigenvalue weighted by Gasteiger charge is 2.30. The van der Waals surface area contributed by atoms with Crippen molar-refractivity contribution in [3.05, 3.63) is 64.2 Å². The van der Waals surface area contributed by atoms with Crippen LogP contribution in [-0.4, -0.2) is 67.6 Å². The van der Waals surface area contributed by atoms with Crippen molar-refractivity contribution in [2.75, 3.05) is 45.9 Å². The van der Waals surface area contributed by atoms with Crippen molar-refractivity contribution in [1.82, 2.24) is 15.1 Å². The van der Waals surface area contributed by atoms with E-state index in [1.54, 1.807) is 4.90 Å². The Hall–Kier alpha value is -2.58. The smallest absolute Gasteiger partial charge is 0.416 e. The van der Waals surface area contributed by atoms with Crippen LogP contribution in [0.15, 0.2) is 36.4 Å². The Balaban J connectivity index is 1.44. The van der Waals surface area contributed by atoms with Gasteiger partial charge in [0.25, 0.3) is 5.91 Å². The topological polar surface area (TPSA) is 44.8 Å². The van der Waals surface area contributed by atoms with Gasteiger partial charge in [0, 0.05) is 44.3 Å². The van der Waals surface area contributed by atoms with Gasteiger partial charge in [-0.15, -0.1) is 0 Å². The van der Waals surface area contributed by atoms with Crippen LogP contribution in [0.3, 0.4) is 0 Å². The number of carbonyl (C=O) groups excluding carboxylic acids is 1. The molecule has 0 aliphatic carbocycles. The first-order chi connectivity index (χ1) is 17.6. The molecule has 1 amide bonds. The Morgan fingerprint density at radius 3 is 2.32 bits per heavy atom. The van der Waals surface area contributed by atoms with Gasteiger partial charge in [-0.1, -0.05) is 13.0 Å². The monoisotopic (exact) mass is 519 g/mol. The molecule has 1 atom stereocenters. The molecule has 5 nitrogen and oxygen atoms in total. The van der Waals surface area contributed by atoms with E-state index in [4.69, 9.17) is 4.74 Å². The molecule has 37 heavy (non-hydrogen) atoms. The Labute approximate surface area is 219 Å². The molecular formula is C29H40F3N3O2. The first-order valence-electron chi connectivity index (χ1n) is 13.2. The van der Waals surface area contributed by atoms with Gasteiger partial charge in [0.1, 0.15) is 5.75 Å². The molecule has 1 N–H and O–H groups in total. The van der Waals surface area contributed by atoms with Gasteiger partial charge >= 0.3 is 6.18 Å². The largest absolute Gasteiger partial charge is 0.493 e. The summed E-state index contributed by atoms with van der Waals surface area (Å²) in [5.41, 5.74) is 3.28. The molecule has 0 aromatic heterocycles. The number of rotatable bonds is 11. The third-order valence-corrected chi connectivity index (χ3v) is 7.35. The quantitative estimate of drug-likeness (QED) is 0.400. The van der Waals surface area contributed by atoms with Crippen molar-refractivity contribution < 1.29 is 22.7 Å². The van der Waals surface area contributed by atoms with Crippen molar-refractivity contribution >= 4 is 5.91 Å². The number of nitrogens with one attached hydrogen (secondary N) is 1. The summed E-state index contributed by atoms with van der Waals surface area (Å²) in [7, 11) is 0. The third kappa shape index (κ3) is 8.20. The average Bonchev–Trinajstić information content (AvgIpc) is 2.89. The maximum atomic E-state index is 12.8. The summed E-state index contributed by atoms with van der Waals surface area (Å²) in [5, 5.41) is 3.48. The Kier molecular flexibility index (Phi) is 10.4. The SMILES string of the molecule is CCC(C)NCCCOc1ccc(CCN2CCN(C(=O)c3ccc(C(F)(F)F)cc3)CC2)c(C)c1C. The number of amides is 1. The van der Waals surface area contributed by atoms with Crippen LogP contribution in [0.1, 0.15) is 59.3 Å². The number of nitrogens with zero attached hydrogens (tertiary/aromatic N) is 2. The van der Waals surface area contributed by atoms with Crippen LogP contribution in [0.4, 0.5) is 13.2 Å². The number of benzene rings is 2. The maximum absolute atomic E-state index is 12.8. The number of piperazine rings is 1. The molecule has 0 spiro atoms. The number of halogens is 3. The van der Waals surface area contributed by atoms with Crippen molar-refractivity contribution in [2.45, 2.75) is 59.2 Å². The van der Waals surface area contributed by atoms with Crippen molar-refractivity contribution in [3.8, 4) is 5.75 Å². The summed E-state index contributed by atoms with van der Waals surface area (Å²) in [4.78, 5) is 16.8. The molecular weight excluding hydrogens is 479 g/mol. The van der Waals surface area contributed by atoms with Gasteiger partial charge in [-0.3, -0.25) is 9.69 Å². The highest BCUT2D eigenvalue weighted by atomic mass is 19.4. The normalized spacial score (nSPS) is 15.6. The van der Waals surface area contributed by atoms with Crippen LogP contribution in [0.5, 0.6) is 5.75 Å². The molecule has 1 unspecified atom stereocenters. The predicted octanol–water partition coefficient (Wildman–Crippen LogP) is 5.48. The van der Waals surface area contributed by atoms with Crippen LogP contribution in [-0.2, 0) is 12.6 Å². The van der Waals surface area contributed by atoms with Crippen LogP contribution in [0.25, 0.3) is 0 Å². The van der Waals surface area contributed by atoms with E-state index >= 15 is 0 Å². The fraction of sp³-hybridized carbons (Fsp3) is 0.552. The second kappa shape index (κ2) is 13.3. The molecule has 0 saturated carbocycles. The van der Waals surface area contributed by atoms with Gasteiger partial charge in [-0.25, -0.2) is 0 Å². The molecule has 1 aliphatic heterocycles. The first kappa shape index (κ1) is 29.0. The van der Waals surface area contributed by atoms with E-state index in [9.17, 15) is 18.0 Å². The number of carbonyl (C=O) groups is 1. The van der Waals surface area contributed by atoms with Gasteiger partial charge in [-0.05, 0) is 93.6 Å². The molecule has 1 fully saturated rings. The van der Waals surface area contributed by atoms with Crippen molar-refractivity contribution in [3.63, 3.8) is 0 Å². The Bertz CT molecular complexity index is 1020.